The minimum absolute atomic E-state index is 0.0391. The van der Waals surface area contributed by atoms with E-state index in [-0.39, 0.29) is 11.9 Å². The van der Waals surface area contributed by atoms with Crippen molar-refractivity contribution in [3.63, 3.8) is 0 Å². The maximum absolute atomic E-state index is 12.2. The van der Waals surface area contributed by atoms with Crippen molar-refractivity contribution in [3.05, 3.63) is 36.0 Å². The van der Waals surface area contributed by atoms with Gasteiger partial charge < -0.3 is 20.4 Å². The number of hydrogen-bond acceptors (Lipinski definition) is 6. The normalized spacial score (nSPS) is 18.0. The highest BCUT2D eigenvalue weighted by atomic mass is 16.2. The number of hydrogen-bond donors (Lipinski definition) is 2. The van der Waals surface area contributed by atoms with E-state index >= 15 is 0 Å². The van der Waals surface area contributed by atoms with E-state index in [2.05, 4.69) is 41.3 Å². The molecule has 2 aromatic rings. The summed E-state index contributed by atoms with van der Waals surface area (Å²) in [5.74, 6) is 1.77. The van der Waals surface area contributed by atoms with Crippen LogP contribution in [0.2, 0.25) is 0 Å². The lowest BCUT2D eigenvalue weighted by Crippen LogP contribution is -2.48. The summed E-state index contributed by atoms with van der Waals surface area (Å²) in [5.41, 5.74) is 2.17. The quantitative estimate of drug-likeness (QED) is 0.634. The molecule has 164 valence electrons. The van der Waals surface area contributed by atoms with E-state index < -0.39 is 0 Å². The molecule has 1 unspecified atom stereocenters. The summed E-state index contributed by atoms with van der Waals surface area (Å²) in [6.45, 7) is 8.01. The lowest BCUT2D eigenvalue weighted by Gasteiger charge is -2.40. The second-order valence-corrected chi connectivity index (χ2v) is 8.84. The van der Waals surface area contributed by atoms with Crippen LogP contribution in [0.25, 0.3) is 0 Å². The van der Waals surface area contributed by atoms with E-state index in [1.165, 1.54) is 0 Å². The van der Waals surface area contributed by atoms with Crippen molar-refractivity contribution in [1.82, 2.24) is 15.3 Å². The van der Waals surface area contributed by atoms with E-state index in [0.717, 1.165) is 49.4 Å². The lowest BCUT2D eigenvalue weighted by atomic mass is 10.1. The zero-order valence-electron chi connectivity index (χ0n) is 18.3. The second-order valence-electron chi connectivity index (χ2n) is 8.84. The number of aromatic nitrogens is 2. The van der Waals surface area contributed by atoms with Crippen LogP contribution in [0, 0.1) is 5.92 Å². The molecule has 2 aliphatic rings. The molecule has 1 aromatic heterocycles. The van der Waals surface area contributed by atoms with Gasteiger partial charge in [-0.1, -0.05) is 13.8 Å². The number of fused-ring (bicyclic) bond motifs is 1. The van der Waals surface area contributed by atoms with Crippen LogP contribution in [0.5, 0.6) is 0 Å². The molecule has 0 radical (unpaired) electrons. The summed E-state index contributed by atoms with van der Waals surface area (Å²) in [7, 11) is 0. The fourth-order valence-corrected chi connectivity index (χ4v) is 3.68. The van der Waals surface area contributed by atoms with Crippen molar-refractivity contribution >= 4 is 35.5 Å². The first-order chi connectivity index (χ1) is 14.9. The van der Waals surface area contributed by atoms with Crippen LogP contribution in [-0.2, 0) is 4.79 Å². The van der Waals surface area contributed by atoms with E-state index in [1.807, 2.05) is 12.1 Å². The Morgan fingerprint density at radius 1 is 1.26 bits per heavy atom. The van der Waals surface area contributed by atoms with Crippen molar-refractivity contribution in [2.45, 2.75) is 52.1 Å². The maximum atomic E-state index is 12.2. The average molecular weight is 423 g/mol. The molecule has 31 heavy (non-hydrogen) atoms. The zero-order valence-corrected chi connectivity index (χ0v) is 18.3. The van der Waals surface area contributed by atoms with Crippen molar-refractivity contribution in [1.29, 1.82) is 0 Å². The van der Waals surface area contributed by atoms with E-state index in [0.29, 0.717) is 30.0 Å². The number of nitrogens with zero attached hydrogens (tertiary/aromatic N) is 4. The van der Waals surface area contributed by atoms with Crippen molar-refractivity contribution in [2.75, 3.05) is 28.2 Å². The van der Waals surface area contributed by atoms with Gasteiger partial charge in [-0.05, 0) is 56.4 Å². The highest BCUT2D eigenvalue weighted by Crippen LogP contribution is 2.34. The number of nitrogens with one attached hydrogen (secondary N) is 2. The monoisotopic (exact) mass is 422 g/mol. The summed E-state index contributed by atoms with van der Waals surface area (Å²) >= 11 is 0. The Hall–Kier alpha value is -3.16. The smallest absolute Gasteiger partial charge is 0.251 e. The molecule has 0 saturated heterocycles. The molecule has 1 aliphatic heterocycles. The van der Waals surface area contributed by atoms with E-state index in [9.17, 15) is 9.59 Å². The average Bonchev–Trinajstić information content (AvgIpc) is 3.56. The second kappa shape index (κ2) is 8.91. The Morgan fingerprint density at radius 3 is 2.65 bits per heavy atom. The Morgan fingerprint density at radius 2 is 2.00 bits per heavy atom. The first-order valence-electron chi connectivity index (χ1n) is 11.0. The van der Waals surface area contributed by atoms with Crippen LogP contribution >= 0.6 is 0 Å². The van der Waals surface area contributed by atoms with Gasteiger partial charge in [-0.2, -0.15) is 4.98 Å². The van der Waals surface area contributed by atoms with Gasteiger partial charge >= 0.3 is 0 Å². The molecule has 8 heteroatoms. The molecule has 2 amide bonds. The molecule has 4 rings (SSSR count). The van der Waals surface area contributed by atoms with Gasteiger partial charge in [-0.25, -0.2) is 4.98 Å². The third-order valence-corrected chi connectivity index (χ3v) is 5.71. The fourth-order valence-electron chi connectivity index (χ4n) is 3.68. The van der Waals surface area contributed by atoms with Crippen LogP contribution in [-0.4, -0.2) is 47.5 Å². The van der Waals surface area contributed by atoms with E-state index in [1.54, 1.807) is 23.2 Å². The van der Waals surface area contributed by atoms with Crippen LogP contribution < -0.4 is 20.4 Å². The number of carbonyl (C=O) groups is 2. The predicted molar refractivity (Wildman–Crippen MR) is 122 cm³/mol. The standard InChI is InChI=1S/C23H30N6O2/c1-15(2)10-11-29-16(3)13-28(14-30)20-12-24-23(27-21(20)29)26-19-6-4-17(5-7-19)22(31)25-18-8-9-18/h4-7,12,14-16,18H,8-11,13H2,1-3H3,(H,25,31)(H,24,26,27). The van der Waals surface area contributed by atoms with E-state index in [4.69, 9.17) is 4.98 Å². The zero-order chi connectivity index (χ0) is 22.0. The number of amides is 2. The van der Waals surface area contributed by atoms with Crippen molar-refractivity contribution < 1.29 is 9.59 Å². The predicted octanol–water partition coefficient (Wildman–Crippen LogP) is 3.33. The maximum Gasteiger partial charge on any atom is 0.251 e. The first kappa shape index (κ1) is 21.1. The minimum Gasteiger partial charge on any atom is -0.350 e. The molecule has 1 saturated carbocycles. The van der Waals surface area contributed by atoms with Gasteiger partial charge in [0, 0.05) is 36.4 Å². The molecule has 8 nitrogen and oxygen atoms in total. The number of carbonyl (C=O) groups excluding carboxylic acids is 2. The molecule has 1 aliphatic carbocycles. The van der Waals surface area contributed by atoms with Gasteiger partial charge in [0.1, 0.15) is 5.69 Å². The molecule has 2 N–H and O–H groups in total. The topological polar surface area (TPSA) is 90.5 Å². The molecule has 1 fully saturated rings. The summed E-state index contributed by atoms with van der Waals surface area (Å²) in [6, 6.07) is 7.79. The highest BCUT2D eigenvalue weighted by Gasteiger charge is 2.30. The lowest BCUT2D eigenvalue weighted by molar-refractivity contribution is -0.107. The van der Waals surface area contributed by atoms with Crippen LogP contribution in [0.1, 0.15) is 50.4 Å². The van der Waals surface area contributed by atoms with Gasteiger partial charge in [-0.15, -0.1) is 0 Å². The minimum atomic E-state index is -0.0391. The summed E-state index contributed by atoms with van der Waals surface area (Å²) in [6.07, 6.45) is 5.72. The summed E-state index contributed by atoms with van der Waals surface area (Å²) in [5, 5.41) is 6.21. The third-order valence-electron chi connectivity index (χ3n) is 5.71. The Labute approximate surface area is 183 Å². The fraction of sp³-hybridized carbons (Fsp3) is 0.478. The molecular weight excluding hydrogens is 392 g/mol. The van der Waals surface area contributed by atoms with Crippen LogP contribution in [0.4, 0.5) is 23.1 Å². The molecule has 1 atom stereocenters. The molecule has 1 aromatic carbocycles. The van der Waals surface area contributed by atoms with Crippen molar-refractivity contribution in [2.24, 2.45) is 5.92 Å². The summed E-state index contributed by atoms with van der Waals surface area (Å²) in [4.78, 5) is 36.8. The van der Waals surface area contributed by atoms with Gasteiger partial charge in [0.2, 0.25) is 12.4 Å². The number of benzene rings is 1. The highest BCUT2D eigenvalue weighted by molar-refractivity contribution is 5.95. The Bertz CT molecular complexity index is 942. The van der Waals surface area contributed by atoms with Gasteiger partial charge in [0.05, 0.1) is 6.20 Å². The SMILES string of the molecule is CC(C)CCN1c2nc(Nc3ccc(C(=O)NC4CC4)cc3)ncc2N(C=O)CC1C. The third kappa shape index (κ3) is 4.95. The Kier molecular flexibility index (Phi) is 6.06. The van der Waals surface area contributed by atoms with Gasteiger partial charge in [0.15, 0.2) is 5.82 Å². The van der Waals surface area contributed by atoms with Crippen LogP contribution in [0.15, 0.2) is 30.5 Å². The van der Waals surface area contributed by atoms with Gasteiger partial charge in [-0.3, -0.25) is 9.59 Å². The summed E-state index contributed by atoms with van der Waals surface area (Å²) < 4.78 is 0. The van der Waals surface area contributed by atoms with Crippen LogP contribution in [0.3, 0.4) is 0 Å². The number of rotatable bonds is 8. The van der Waals surface area contributed by atoms with Crippen molar-refractivity contribution in [3.8, 4) is 0 Å². The Balaban J connectivity index is 1.52. The molecule has 2 heterocycles. The first-order valence-corrected chi connectivity index (χ1v) is 11.0. The largest absolute Gasteiger partial charge is 0.350 e. The number of anilines is 4. The molecule has 0 bridgehead atoms. The molecular formula is C23H30N6O2. The van der Waals surface area contributed by atoms with Gasteiger partial charge in [0.25, 0.3) is 5.91 Å². The molecule has 0 spiro atoms.